The van der Waals surface area contributed by atoms with Crippen molar-refractivity contribution in [1.29, 1.82) is 0 Å². The molecule has 2 heterocycles. The van der Waals surface area contributed by atoms with Crippen LogP contribution >= 0.6 is 0 Å². The van der Waals surface area contributed by atoms with Crippen LogP contribution in [0.15, 0.2) is 194 Å². The summed E-state index contributed by atoms with van der Waals surface area (Å²) in [4.78, 5) is 0. The van der Waals surface area contributed by atoms with Gasteiger partial charge in [-0.2, -0.15) is 0 Å². The molecule has 10 rings (SSSR count). The molecule has 0 radical (unpaired) electrons. The zero-order valence-electron chi connectivity index (χ0n) is 27.4. The Morgan fingerprint density at radius 2 is 0.680 bits per heavy atom. The largest absolute Gasteiger partial charge is 0.307 e. The van der Waals surface area contributed by atoms with Gasteiger partial charge in [0.05, 0.1) is 27.8 Å². The molecule has 2 aromatic heterocycles. The third kappa shape index (κ3) is 4.50. The van der Waals surface area contributed by atoms with Crippen molar-refractivity contribution in [3.63, 3.8) is 0 Å². The van der Waals surface area contributed by atoms with Gasteiger partial charge in [-0.1, -0.05) is 140 Å². The molecule has 0 amide bonds. The van der Waals surface area contributed by atoms with Crippen LogP contribution < -0.4 is 0 Å². The maximum Gasteiger partial charge on any atom is 0.0782 e. The Bertz CT molecular complexity index is 2740. The fraction of sp³-hybridized carbons (Fsp3) is 0. The van der Waals surface area contributed by atoms with Crippen molar-refractivity contribution < 1.29 is 0 Å². The van der Waals surface area contributed by atoms with Crippen molar-refractivity contribution in [2.75, 3.05) is 0 Å². The van der Waals surface area contributed by atoms with Crippen LogP contribution in [0.3, 0.4) is 0 Å². The predicted molar refractivity (Wildman–Crippen MR) is 211 cm³/mol. The molecule has 0 aliphatic rings. The fourth-order valence-electron chi connectivity index (χ4n) is 7.84. The van der Waals surface area contributed by atoms with Gasteiger partial charge in [0.1, 0.15) is 0 Å². The molecule has 2 nitrogen and oxygen atoms in total. The highest BCUT2D eigenvalue weighted by Gasteiger charge is 2.20. The first-order valence-corrected chi connectivity index (χ1v) is 17.2. The van der Waals surface area contributed by atoms with Crippen molar-refractivity contribution in [2.45, 2.75) is 0 Å². The molecule has 0 saturated carbocycles. The van der Waals surface area contributed by atoms with Crippen LogP contribution in [0.1, 0.15) is 0 Å². The third-order valence-corrected chi connectivity index (χ3v) is 10.1. The number of aromatic nitrogens is 2. The summed E-state index contributed by atoms with van der Waals surface area (Å²) >= 11 is 0. The number of nitrogens with zero attached hydrogens (tertiary/aromatic N) is 2. The Hall–Kier alpha value is -6.64. The van der Waals surface area contributed by atoms with Gasteiger partial charge < -0.3 is 9.13 Å². The van der Waals surface area contributed by atoms with Gasteiger partial charge in [-0.15, -0.1) is 0 Å². The minimum Gasteiger partial charge on any atom is -0.307 e. The zero-order chi connectivity index (χ0) is 33.0. The molecule has 0 aliphatic carbocycles. The molecule has 0 aliphatic heterocycles. The summed E-state index contributed by atoms with van der Waals surface area (Å²) in [5.41, 5.74) is 14.3. The van der Waals surface area contributed by atoms with E-state index in [9.17, 15) is 0 Å². The van der Waals surface area contributed by atoms with Crippen LogP contribution in [-0.2, 0) is 0 Å². The van der Waals surface area contributed by atoms with E-state index in [4.69, 9.17) is 0 Å². The van der Waals surface area contributed by atoms with Crippen molar-refractivity contribution in [3.05, 3.63) is 194 Å². The lowest BCUT2D eigenvalue weighted by Crippen LogP contribution is -2.00. The minimum absolute atomic E-state index is 1.13. The van der Waals surface area contributed by atoms with Crippen LogP contribution in [0.5, 0.6) is 0 Å². The summed E-state index contributed by atoms with van der Waals surface area (Å²) in [6.45, 7) is 0. The second-order valence-electron chi connectivity index (χ2n) is 13.0. The van der Waals surface area contributed by atoms with E-state index in [1.54, 1.807) is 0 Å². The number of hydrogen-bond acceptors (Lipinski definition) is 0. The van der Waals surface area contributed by atoms with E-state index in [-0.39, 0.29) is 0 Å². The molecule has 0 bridgehead atoms. The summed E-state index contributed by atoms with van der Waals surface area (Å²) in [6.07, 6.45) is 0. The molecule has 0 fully saturated rings. The summed E-state index contributed by atoms with van der Waals surface area (Å²) in [6, 6.07) is 70.5. The Morgan fingerprint density at radius 3 is 1.26 bits per heavy atom. The van der Waals surface area contributed by atoms with Crippen molar-refractivity contribution in [2.24, 2.45) is 0 Å². The Morgan fingerprint density at radius 1 is 0.260 bits per heavy atom. The zero-order valence-corrected chi connectivity index (χ0v) is 27.4. The molecule has 0 N–H and O–H groups in total. The smallest absolute Gasteiger partial charge is 0.0782 e. The molecule has 0 unspecified atom stereocenters. The van der Waals surface area contributed by atoms with Crippen molar-refractivity contribution in [3.8, 4) is 44.8 Å². The predicted octanol–water partition coefficient (Wildman–Crippen LogP) is 12.9. The van der Waals surface area contributed by atoms with Crippen molar-refractivity contribution in [1.82, 2.24) is 9.13 Å². The Balaban J connectivity index is 1.24. The van der Waals surface area contributed by atoms with E-state index in [1.807, 2.05) is 0 Å². The number of rotatable bonds is 5. The van der Waals surface area contributed by atoms with E-state index in [0.29, 0.717) is 0 Å². The number of para-hydroxylation sites is 4. The topological polar surface area (TPSA) is 9.86 Å². The van der Waals surface area contributed by atoms with Gasteiger partial charge in [0.15, 0.2) is 0 Å². The van der Waals surface area contributed by atoms with Gasteiger partial charge in [0.25, 0.3) is 0 Å². The van der Waals surface area contributed by atoms with Gasteiger partial charge in [0.2, 0.25) is 0 Å². The Labute approximate surface area is 290 Å². The standard InChI is InChI=1S/C48H32N2/c1-3-15-33(16-4-1)36-29-37(34-17-5-2-6-18-34)31-38(30-36)35-19-13-20-39(32-35)49-44-25-10-9-23-42(44)43-24-14-28-47(48(43)49)50-45-26-11-7-21-40(45)41-22-8-12-27-46(41)50/h1-32H. The average Bonchev–Trinajstić information content (AvgIpc) is 3.72. The maximum atomic E-state index is 2.46. The molecule has 8 aromatic carbocycles. The minimum atomic E-state index is 1.13. The lowest BCUT2D eigenvalue weighted by Gasteiger charge is -2.16. The van der Waals surface area contributed by atoms with Crippen LogP contribution in [0.25, 0.3) is 88.4 Å². The number of benzene rings is 8. The summed E-state index contributed by atoms with van der Waals surface area (Å²) in [7, 11) is 0. The van der Waals surface area contributed by atoms with Gasteiger partial charge in [-0.3, -0.25) is 0 Å². The summed E-state index contributed by atoms with van der Waals surface area (Å²) in [5.74, 6) is 0. The van der Waals surface area contributed by atoms with Crippen LogP contribution in [0.4, 0.5) is 0 Å². The van der Waals surface area contributed by atoms with Gasteiger partial charge in [-0.05, 0) is 88.0 Å². The normalized spacial score (nSPS) is 11.6. The number of fused-ring (bicyclic) bond motifs is 6. The SMILES string of the molecule is c1ccc(-c2cc(-c3ccccc3)cc(-c3cccc(-n4c5ccccc5c5cccc(-n6c7ccccc7c7ccccc76)c54)c3)c2)cc1. The first kappa shape index (κ1) is 28.4. The second-order valence-corrected chi connectivity index (χ2v) is 13.0. The van der Waals surface area contributed by atoms with E-state index in [1.165, 1.54) is 82.7 Å². The van der Waals surface area contributed by atoms with Gasteiger partial charge in [-0.25, -0.2) is 0 Å². The lowest BCUT2D eigenvalue weighted by molar-refractivity contribution is 1.13. The molecular weight excluding hydrogens is 605 g/mol. The third-order valence-electron chi connectivity index (χ3n) is 10.1. The highest BCUT2D eigenvalue weighted by atomic mass is 15.1. The highest BCUT2D eigenvalue weighted by Crippen LogP contribution is 2.40. The van der Waals surface area contributed by atoms with Gasteiger partial charge in [0, 0.05) is 27.2 Å². The van der Waals surface area contributed by atoms with E-state index >= 15 is 0 Å². The molecule has 0 spiro atoms. The summed E-state index contributed by atoms with van der Waals surface area (Å²) < 4.78 is 4.91. The van der Waals surface area contributed by atoms with Gasteiger partial charge >= 0.3 is 0 Å². The molecule has 234 valence electrons. The quantitative estimate of drug-likeness (QED) is 0.178. The van der Waals surface area contributed by atoms with Crippen molar-refractivity contribution >= 4 is 43.6 Å². The molecule has 2 heteroatoms. The Kier molecular flexibility index (Phi) is 6.53. The summed E-state index contributed by atoms with van der Waals surface area (Å²) in [5, 5.41) is 5.00. The average molecular weight is 637 g/mol. The van der Waals surface area contributed by atoms with Crippen LogP contribution in [-0.4, -0.2) is 9.13 Å². The monoisotopic (exact) mass is 636 g/mol. The molecule has 0 saturated heterocycles. The molecule has 10 aromatic rings. The highest BCUT2D eigenvalue weighted by molar-refractivity contribution is 6.15. The molecular formula is C48H32N2. The first-order valence-electron chi connectivity index (χ1n) is 17.2. The van der Waals surface area contributed by atoms with Crippen LogP contribution in [0, 0.1) is 0 Å². The first-order chi connectivity index (χ1) is 24.8. The molecule has 50 heavy (non-hydrogen) atoms. The fourth-order valence-corrected chi connectivity index (χ4v) is 7.84. The van der Waals surface area contributed by atoms with E-state index < -0.39 is 0 Å². The van der Waals surface area contributed by atoms with E-state index in [0.717, 1.165) is 5.69 Å². The van der Waals surface area contributed by atoms with E-state index in [2.05, 4.69) is 203 Å². The number of hydrogen-bond donors (Lipinski definition) is 0. The van der Waals surface area contributed by atoms with Crippen LogP contribution in [0.2, 0.25) is 0 Å². The lowest BCUT2D eigenvalue weighted by atomic mass is 9.93. The second kappa shape index (κ2) is 11.5. The maximum absolute atomic E-state index is 2.46. The molecule has 0 atom stereocenters.